The molecule has 1 aliphatic rings. The Morgan fingerprint density at radius 1 is 1.32 bits per heavy atom. The molecule has 0 amide bonds. The van der Waals surface area contributed by atoms with Crippen LogP contribution in [0.1, 0.15) is 11.4 Å². The molecule has 2 aromatic heterocycles. The lowest BCUT2D eigenvalue weighted by Crippen LogP contribution is -2.36. The van der Waals surface area contributed by atoms with Crippen molar-refractivity contribution in [3.05, 3.63) is 39.7 Å². The first-order valence-corrected chi connectivity index (χ1v) is 8.70. The van der Waals surface area contributed by atoms with Crippen LogP contribution in [0.5, 0.6) is 0 Å². The summed E-state index contributed by atoms with van der Waals surface area (Å²) in [7, 11) is 0. The number of hydrogen-bond donors (Lipinski definition) is 0. The Kier molecular flexibility index (Phi) is 4.15. The third-order valence-electron chi connectivity index (χ3n) is 4.18. The number of nitro groups is 1. The fourth-order valence-electron chi connectivity index (χ4n) is 2.77. The van der Waals surface area contributed by atoms with Crippen LogP contribution >= 0.6 is 11.3 Å². The second-order valence-corrected chi connectivity index (χ2v) is 6.82. The van der Waals surface area contributed by atoms with Gasteiger partial charge in [-0.05, 0) is 6.92 Å². The highest BCUT2D eigenvalue weighted by atomic mass is 32.1. The number of aryl methyl sites for hydroxylation is 1. The summed E-state index contributed by atoms with van der Waals surface area (Å²) in [5.74, 6) is 0.765. The maximum Gasteiger partial charge on any atom is 0.273 e. The Morgan fingerprint density at radius 3 is 2.88 bits per heavy atom. The summed E-state index contributed by atoms with van der Waals surface area (Å²) in [5, 5.41) is 24.8. The zero-order chi connectivity index (χ0) is 17.4. The number of aromatic nitrogens is 4. The lowest BCUT2D eigenvalue weighted by atomic mass is 10.1. The summed E-state index contributed by atoms with van der Waals surface area (Å²) in [4.78, 5) is 13.7. The Bertz CT molecular complexity index is 931. The summed E-state index contributed by atoms with van der Waals surface area (Å²) in [6.45, 7) is 5.53. The fourth-order valence-corrected chi connectivity index (χ4v) is 3.63. The van der Waals surface area contributed by atoms with Crippen LogP contribution in [-0.4, -0.2) is 55.9 Å². The zero-order valence-electron chi connectivity index (χ0n) is 13.6. The molecule has 3 aromatic rings. The quantitative estimate of drug-likeness (QED) is 0.517. The van der Waals surface area contributed by atoms with E-state index >= 15 is 0 Å². The molecule has 0 saturated carbocycles. The highest BCUT2D eigenvalue weighted by Crippen LogP contribution is 2.30. The van der Waals surface area contributed by atoms with Gasteiger partial charge in [0.2, 0.25) is 4.96 Å². The van der Waals surface area contributed by atoms with Crippen LogP contribution in [0.15, 0.2) is 18.2 Å². The number of hydrogen-bond acceptors (Lipinski definition) is 8. The van der Waals surface area contributed by atoms with Crippen molar-refractivity contribution in [1.82, 2.24) is 24.7 Å². The van der Waals surface area contributed by atoms with E-state index in [1.165, 1.54) is 11.3 Å². The molecule has 0 bridgehead atoms. The molecule has 1 fully saturated rings. The first-order valence-electron chi connectivity index (χ1n) is 7.88. The molecule has 10 heteroatoms. The SMILES string of the molecule is Cc1ccc(-c2nn3c(CN4CCOCC4)nnc3s2)cc1[N+](=O)[O-]. The first-order chi connectivity index (χ1) is 12.1. The van der Waals surface area contributed by atoms with Crippen LogP contribution < -0.4 is 0 Å². The van der Waals surface area contributed by atoms with Gasteiger partial charge < -0.3 is 4.74 Å². The van der Waals surface area contributed by atoms with E-state index in [0.29, 0.717) is 27.6 Å². The second kappa shape index (κ2) is 6.47. The van der Waals surface area contributed by atoms with E-state index in [9.17, 15) is 10.1 Å². The van der Waals surface area contributed by atoms with Crippen molar-refractivity contribution in [1.29, 1.82) is 0 Å². The van der Waals surface area contributed by atoms with Crippen LogP contribution in [0.3, 0.4) is 0 Å². The summed E-state index contributed by atoms with van der Waals surface area (Å²) in [6.07, 6.45) is 0. The molecule has 1 aromatic carbocycles. The van der Waals surface area contributed by atoms with Crippen LogP contribution in [0.25, 0.3) is 15.5 Å². The highest BCUT2D eigenvalue weighted by Gasteiger charge is 2.19. The molecular weight excluding hydrogens is 344 g/mol. The summed E-state index contributed by atoms with van der Waals surface area (Å²) in [6, 6.07) is 5.14. The Balaban J connectivity index is 1.65. The van der Waals surface area contributed by atoms with E-state index in [0.717, 1.165) is 32.1 Å². The largest absolute Gasteiger partial charge is 0.379 e. The van der Waals surface area contributed by atoms with Crippen molar-refractivity contribution in [3.63, 3.8) is 0 Å². The summed E-state index contributed by atoms with van der Waals surface area (Å²) in [5.41, 5.74) is 1.44. The van der Waals surface area contributed by atoms with Gasteiger partial charge in [-0.1, -0.05) is 23.5 Å². The van der Waals surface area contributed by atoms with Gasteiger partial charge in [0.05, 0.1) is 24.7 Å². The van der Waals surface area contributed by atoms with Gasteiger partial charge >= 0.3 is 0 Å². The average Bonchev–Trinajstić information content (AvgIpc) is 3.18. The predicted molar refractivity (Wildman–Crippen MR) is 91.6 cm³/mol. The Hall–Kier alpha value is -2.43. The Morgan fingerprint density at radius 2 is 2.12 bits per heavy atom. The molecule has 0 unspecified atom stereocenters. The highest BCUT2D eigenvalue weighted by molar-refractivity contribution is 7.19. The third-order valence-corrected chi connectivity index (χ3v) is 5.12. The van der Waals surface area contributed by atoms with Crippen molar-refractivity contribution in [2.75, 3.05) is 26.3 Å². The van der Waals surface area contributed by atoms with Crippen LogP contribution in [0.2, 0.25) is 0 Å². The minimum Gasteiger partial charge on any atom is -0.379 e. The lowest BCUT2D eigenvalue weighted by molar-refractivity contribution is -0.385. The molecule has 0 atom stereocenters. The molecule has 9 nitrogen and oxygen atoms in total. The number of morpholine rings is 1. The first kappa shape index (κ1) is 16.1. The molecule has 4 rings (SSSR count). The van der Waals surface area contributed by atoms with Crippen molar-refractivity contribution in [3.8, 4) is 10.6 Å². The minimum atomic E-state index is -0.372. The molecule has 0 spiro atoms. The molecule has 0 aliphatic carbocycles. The summed E-state index contributed by atoms with van der Waals surface area (Å²) < 4.78 is 7.08. The van der Waals surface area contributed by atoms with Gasteiger partial charge in [-0.2, -0.15) is 9.61 Å². The Labute approximate surface area is 147 Å². The van der Waals surface area contributed by atoms with Gasteiger partial charge in [0.25, 0.3) is 5.69 Å². The van der Waals surface area contributed by atoms with Crippen molar-refractivity contribution < 1.29 is 9.66 Å². The predicted octanol–water partition coefficient (Wildman–Crippen LogP) is 1.90. The zero-order valence-corrected chi connectivity index (χ0v) is 14.4. The maximum absolute atomic E-state index is 11.1. The van der Waals surface area contributed by atoms with Crippen LogP contribution in [0, 0.1) is 17.0 Å². The number of rotatable bonds is 4. The number of fused-ring (bicyclic) bond motifs is 1. The smallest absolute Gasteiger partial charge is 0.273 e. The van der Waals surface area contributed by atoms with Gasteiger partial charge in [-0.25, -0.2) is 0 Å². The van der Waals surface area contributed by atoms with Crippen molar-refractivity contribution in [2.45, 2.75) is 13.5 Å². The lowest BCUT2D eigenvalue weighted by Gasteiger charge is -2.25. The number of nitro benzene ring substituents is 1. The van der Waals surface area contributed by atoms with E-state index in [1.807, 2.05) is 6.07 Å². The van der Waals surface area contributed by atoms with Crippen molar-refractivity contribution in [2.24, 2.45) is 0 Å². The van der Waals surface area contributed by atoms with E-state index in [2.05, 4.69) is 20.2 Å². The van der Waals surface area contributed by atoms with Gasteiger partial charge in [0, 0.05) is 30.3 Å². The van der Waals surface area contributed by atoms with Crippen molar-refractivity contribution >= 4 is 22.0 Å². The molecular formula is C15H16N6O3S. The van der Waals surface area contributed by atoms with Gasteiger partial charge in [0.15, 0.2) is 5.82 Å². The van der Waals surface area contributed by atoms with Crippen LogP contribution in [0.4, 0.5) is 5.69 Å². The molecule has 3 heterocycles. The number of nitrogens with zero attached hydrogens (tertiary/aromatic N) is 6. The van der Waals surface area contributed by atoms with Gasteiger partial charge in [-0.3, -0.25) is 15.0 Å². The standard InChI is InChI=1S/C15H16N6O3S/c1-10-2-3-11(8-12(10)21(22)23)14-18-20-13(16-17-15(20)25-14)9-19-4-6-24-7-5-19/h2-3,8H,4-7,9H2,1H3. The third kappa shape index (κ3) is 3.11. The monoisotopic (exact) mass is 360 g/mol. The van der Waals surface area contributed by atoms with Gasteiger partial charge in [-0.15, -0.1) is 10.2 Å². The van der Waals surface area contributed by atoms with E-state index in [1.54, 1.807) is 23.6 Å². The number of ether oxygens (including phenoxy) is 1. The molecule has 1 aliphatic heterocycles. The molecule has 0 N–H and O–H groups in total. The minimum absolute atomic E-state index is 0.0944. The van der Waals surface area contributed by atoms with Gasteiger partial charge in [0.1, 0.15) is 5.01 Å². The average molecular weight is 360 g/mol. The van der Waals surface area contributed by atoms with Crippen LogP contribution in [-0.2, 0) is 11.3 Å². The van der Waals surface area contributed by atoms with E-state index in [4.69, 9.17) is 4.74 Å². The topological polar surface area (TPSA) is 98.7 Å². The molecule has 130 valence electrons. The molecule has 1 saturated heterocycles. The second-order valence-electron chi connectivity index (χ2n) is 5.86. The van der Waals surface area contributed by atoms with E-state index < -0.39 is 0 Å². The number of benzene rings is 1. The molecule has 25 heavy (non-hydrogen) atoms. The molecule has 0 radical (unpaired) electrons. The fraction of sp³-hybridized carbons (Fsp3) is 0.400. The summed E-state index contributed by atoms with van der Waals surface area (Å²) >= 11 is 1.37. The normalized spacial score (nSPS) is 15.7. The van der Waals surface area contributed by atoms with E-state index in [-0.39, 0.29) is 10.6 Å². The maximum atomic E-state index is 11.1.